The summed E-state index contributed by atoms with van der Waals surface area (Å²) in [7, 11) is 0. The maximum absolute atomic E-state index is 10.0. The fourth-order valence-electron chi connectivity index (χ4n) is 6.25. The first-order valence-electron chi connectivity index (χ1n) is 12.2. The average Bonchev–Trinajstić information content (AvgIpc) is 3.04. The topological polar surface area (TPSA) is 20.2 Å². The first-order chi connectivity index (χ1) is 13.7. The van der Waals surface area contributed by atoms with E-state index in [1.807, 2.05) is 0 Å². The van der Waals surface area contributed by atoms with E-state index in [1.165, 1.54) is 43.3 Å². The van der Waals surface area contributed by atoms with Gasteiger partial charge in [0.05, 0.1) is 6.10 Å². The van der Waals surface area contributed by atoms with Gasteiger partial charge in [0.1, 0.15) is 0 Å². The summed E-state index contributed by atoms with van der Waals surface area (Å²) in [6.07, 6.45) is 18.8. The molecule has 3 fully saturated rings. The van der Waals surface area contributed by atoms with Gasteiger partial charge in [0.15, 0.2) is 0 Å². The highest BCUT2D eigenvalue weighted by molar-refractivity contribution is 5.36. The van der Waals surface area contributed by atoms with Crippen LogP contribution in [0.3, 0.4) is 0 Å². The van der Waals surface area contributed by atoms with Crippen LogP contribution < -0.4 is 0 Å². The minimum absolute atomic E-state index is 0.182. The quantitative estimate of drug-likeness (QED) is 0.473. The SMILES string of the molecule is C=C1CC[C@H](O)C/C1=C\C=C1/CCC[C@]2(C)[C@@H]1CC[C@@H]2[C@H](C)/C=C/[C@H](C)C(C)C. The Kier molecular flexibility index (Phi) is 7.31. The van der Waals surface area contributed by atoms with E-state index in [0.717, 1.165) is 37.0 Å². The van der Waals surface area contributed by atoms with Gasteiger partial charge in [-0.1, -0.05) is 76.6 Å². The summed E-state index contributed by atoms with van der Waals surface area (Å²) in [5.74, 6) is 3.58. The maximum Gasteiger partial charge on any atom is 0.0583 e. The Balaban J connectivity index is 1.75. The van der Waals surface area contributed by atoms with Crippen molar-refractivity contribution < 1.29 is 5.11 Å². The highest BCUT2D eigenvalue weighted by Gasteiger charge is 2.50. The molecule has 0 bridgehead atoms. The summed E-state index contributed by atoms with van der Waals surface area (Å²) in [6, 6.07) is 0. The normalized spacial score (nSPS) is 38.2. The lowest BCUT2D eigenvalue weighted by Crippen LogP contribution is -2.35. The van der Waals surface area contributed by atoms with Gasteiger partial charge in [-0.05, 0) is 91.9 Å². The molecule has 0 spiro atoms. The van der Waals surface area contributed by atoms with Crippen molar-refractivity contribution in [3.8, 4) is 0 Å². The molecule has 0 aliphatic heterocycles. The zero-order chi connectivity index (χ0) is 21.2. The molecule has 3 aliphatic carbocycles. The third-order valence-electron chi connectivity index (χ3n) is 8.63. The van der Waals surface area contributed by atoms with Crippen molar-refractivity contribution in [3.63, 3.8) is 0 Å². The molecule has 0 radical (unpaired) electrons. The van der Waals surface area contributed by atoms with E-state index in [2.05, 4.69) is 65.5 Å². The lowest BCUT2D eigenvalue weighted by atomic mass is 9.61. The van der Waals surface area contributed by atoms with Crippen LogP contribution in [-0.2, 0) is 0 Å². The zero-order valence-electron chi connectivity index (χ0n) is 19.6. The Hall–Kier alpha value is -1.08. The minimum atomic E-state index is -0.182. The van der Waals surface area contributed by atoms with Crippen molar-refractivity contribution >= 4 is 0 Å². The van der Waals surface area contributed by atoms with Gasteiger partial charge < -0.3 is 5.11 Å². The van der Waals surface area contributed by atoms with Crippen molar-refractivity contribution in [2.45, 2.75) is 92.1 Å². The molecule has 0 aromatic rings. The van der Waals surface area contributed by atoms with Crippen LogP contribution >= 0.6 is 0 Å². The van der Waals surface area contributed by atoms with Crippen molar-refractivity contribution in [1.82, 2.24) is 0 Å². The average molecular weight is 397 g/mol. The van der Waals surface area contributed by atoms with Crippen LogP contribution in [0.25, 0.3) is 0 Å². The first-order valence-corrected chi connectivity index (χ1v) is 12.2. The van der Waals surface area contributed by atoms with Gasteiger partial charge in [0.25, 0.3) is 0 Å². The predicted molar refractivity (Wildman–Crippen MR) is 126 cm³/mol. The lowest BCUT2D eigenvalue weighted by Gasteiger charge is -2.44. The van der Waals surface area contributed by atoms with E-state index in [4.69, 9.17) is 0 Å². The van der Waals surface area contributed by atoms with E-state index in [0.29, 0.717) is 17.3 Å². The summed E-state index contributed by atoms with van der Waals surface area (Å²) in [4.78, 5) is 0. The van der Waals surface area contributed by atoms with Crippen molar-refractivity contribution in [2.75, 3.05) is 0 Å². The fourth-order valence-corrected chi connectivity index (χ4v) is 6.25. The van der Waals surface area contributed by atoms with Gasteiger partial charge in [-0.2, -0.15) is 0 Å². The monoisotopic (exact) mass is 396 g/mol. The summed E-state index contributed by atoms with van der Waals surface area (Å²) in [6.45, 7) is 16.3. The van der Waals surface area contributed by atoms with Gasteiger partial charge in [-0.3, -0.25) is 0 Å². The Morgan fingerprint density at radius 2 is 1.79 bits per heavy atom. The minimum Gasteiger partial charge on any atom is -0.393 e. The van der Waals surface area contributed by atoms with Gasteiger partial charge in [-0.25, -0.2) is 0 Å². The highest BCUT2D eigenvalue weighted by atomic mass is 16.3. The second kappa shape index (κ2) is 9.38. The van der Waals surface area contributed by atoms with Crippen LogP contribution in [0.15, 0.2) is 47.6 Å². The van der Waals surface area contributed by atoms with Gasteiger partial charge in [0, 0.05) is 0 Å². The smallest absolute Gasteiger partial charge is 0.0583 e. The highest BCUT2D eigenvalue weighted by Crippen LogP contribution is 2.59. The van der Waals surface area contributed by atoms with Crippen molar-refractivity contribution in [2.24, 2.45) is 35.0 Å². The molecule has 3 rings (SSSR count). The summed E-state index contributed by atoms with van der Waals surface area (Å²) in [5, 5.41) is 10.0. The van der Waals surface area contributed by atoms with Gasteiger partial charge in [0.2, 0.25) is 0 Å². The number of hydrogen-bond acceptors (Lipinski definition) is 1. The van der Waals surface area contributed by atoms with E-state index >= 15 is 0 Å². The van der Waals surface area contributed by atoms with E-state index in [1.54, 1.807) is 5.57 Å². The first kappa shape index (κ1) is 22.6. The molecule has 1 heteroatoms. The Bertz CT molecular complexity index is 678. The largest absolute Gasteiger partial charge is 0.393 e. The molecule has 162 valence electrons. The van der Waals surface area contributed by atoms with E-state index in [-0.39, 0.29) is 6.10 Å². The number of hydrogen-bond donors (Lipinski definition) is 1. The van der Waals surface area contributed by atoms with E-state index in [9.17, 15) is 5.11 Å². The van der Waals surface area contributed by atoms with Crippen LogP contribution in [0.5, 0.6) is 0 Å². The molecule has 0 aromatic heterocycles. The van der Waals surface area contributed by atoms with Crippen LogP contribution in [0.2, 0.25) is 0 Å². The Labute approximate surface area is 180 Å². The molecule has 3 aliphatic rings. The molecular formula is C28H44O. The second-order valence-electron chi connectivity index (χ2n) is 10.9. The van der Waals surface area contributed by atoms with Crippen LogP contribution in [0, 0.1) is 35.0 Å². The maximum atomic E-state index is 10.0. The van der Waals surface area contributed by atoms with Crippen LogP contribution in [0.1, 0.15) is 86.0 Å². The molecule has 0 aromatic carbocycles. The van der Waals surface area contributed by atoms with Crippen molar-refractivity contribution in [3.05, 3.63) is 47.6 Å². The Morgan fingerprint density at radius 1 is 1.03 bits per heavy atom. The van der Waals surface area contributed by atoms with Crippen molar-refractivity contribution in [1.29, 1.82) is 0 Å². The summed E-state index contributed by atoms with van der Waals surface area (Å²) >= 11 is 0. The second-order valence-corrected chi connectivity index (χ2v) is 10.9. The summed E-state index contributed by atoms with van der Waals surface area (Å²) in [5.41, 5.74) is 4.61. The number of aliphatic hydroxyl groups excluding tert-OH is 1. The molecular weight excluding hydrogens is 352 g/mol. The third kappa shape index (κ3) is 4.98. The molecule has 0 amide bonds. The molecule has 29 heavy (non-hydrogen) atoms. The standard InChI is InChI=1S/C28H44O/c1-19(2)20(3)9-10-22(5)26-15-16-27-23(8-7-17-28(26,27)6)12-13-24-18-25(29)14-11-21(24)4/h9-10,12-13,19-20,22,25-27,29H,4,7-8,11,14-18H2,1-3,5-6H3/b10-9+,23-12+,24-13+/t20-,22+,25-,26+,27+,28-/m0/s1. The molecule has 1 N–H and O–H groups in total. The fraction of sp³-hybridized carbons (Fsp3) is 0.714. The molecule has 0 unspecified atom stereocenters. The number of fused-ring (bicyclic) bond motifs is 1. The molecule has 3 saturated carbocycles. The number of aliphatic hydroxyl groups is 1. The summed E-state index contributed by atoms with van der Waals surface area (Å²) < 4.78 is 0. The number of allylic oxidation sites excluding steroid dienone is 6. The van der Waals surface area contributed by atoms with E-state index < -0.39 is 0 Å². The molecule has 0 heterocycles. The third-order valence-corrected chi connectivity index (χ3v) is 8.63. The number of rotatable bonds is 5. The Morgan fingerprint density at radius 3 is 2.52 bits per heavy atom. The van der Waals surface area contributed by atoms with Gasteiger partial charge in [-0.15, -0.1) is 0 Å². The molecule has 1 nitrogen and oxygen atoms in total. The molecule has 0 saturated heterocycles. The van der Waals surface area contributed by atoms with Crippen LogP contribution in [0.4, 0.5) is 0 Å². The van der Waals surface area contributed by atoms with Gasteiger partial charge >= 0.3 is 0 Å². The molecule has 6 atom stereocenters. The zero-order valence-corrected chi connectivity index (χ0v) is 19.6. The predicted octanol–water partition coefficient (Wildman–Crippen LogP) is 7.64. The van der Waals surface area contributed by atoms with Crippen LogP contribution in [-0.4, -0.2) is 11.2 Å². The lowest BCUT2D eigenvalue weighted by molar-refractivity contribution is 0.112.